The highest BCUT2D eigenvalue weighted by atomic mass is 16.1. The standard InChI is InChI=1S/C21H23N3O/c1-15-10-11-20-22-17(12-21(25)24(20)13-15)14-23(2)19-9-5-7-16-6-3-4-8-18(16)19/h3-4,6,8,10-13,19H,5,7,9,14H2,1-2H3/t19-/m0/s1. The molecule has 0 unspecified atom stereocenters. The minimum atomic E-state index is -0.0128. The summed E-state index contributed by atoms with van der Waals surface area (Å²) in [6.45, 7) is 2.66. The van der Waals surface area contributed by atoms with E-state index in [-0.39, 0.29) is 5.56 Å². The zero-order chi connectivity index (χ0) is 17.4. The van der Waals surface area contributed by atoms with E-state index in [1.807, 2.05) is 25.3 Å². The average Bonchev–Trinajstić information content (AvgIpc) is 2.62. The Kier molecular flexibility index (Phi) is 4.14. The molecule has 0 bridgehead atoms. The van der Waals surface area contributed by atoms with Gasteiger partial charge in [-0.3, -0.25) is 14.1 Å². The molecule has 1 atom stereocenters. The topological polar surface area (TPSA) is 37.6 Å². The van der Waals surface area contributed by atoms with E-state index >= 15 is 0 Å². The number of hydrogen-bond acceptors (Lipinski definition) is 3. The van der Waals surface area contributed by atoms with Gasteiger partial charge in [0.25, 0.3) is 5.56 Å². The Balaban J connectivity index is 1.63. The number of hydrogen-bond donors (Lipinski definition) is 0. The molecule has 0 spiro atoms. The highest BCUT2D eigenvalue weighted by Crippen LogP contribution is 2.33. The van der Waals surface area contributed by atoms with Gasteiger partial charge in [0.05, 0.1) is 5.69 Å². The maximum atomic E-state index is 12.4. The summed E-state index contributed by atoms with van der Waals surface area (Å²) in [5.41, 5.74) is 5.46. The molecule has 4 heteroatoms. The lowest BCUT2D eigenvalue weighted by atomic mass is 9.87. The Bertz CT molecular complexity index is 976. The molecule has 25 heavy (non-hydrogen) atoms. The number of benzene rings is 1. The van der Waals surface area contributed by atoms with Crippen molar-refractivity contribution >= 4 is 5.65 Å². The number of nitrogens with zero attached hydrogens (tertiary/aromatic N) is 3. The van der Waals surface area contributed by atoms with Crippen LogP contribution in [0.15, 0.2) is 53.5 Å². The summed E-state index contributed by atoms with van der Waals surface area (Å²) in [6.07, 6.45) is 5.36. The van der Waals surface area contributed by atoms with Crippen molar-refractivity contribution in [2.24, 2.45) is 0 Å². The summed E-state index contributed by atoms with van der Waals surface area (Å²) in [4.78, 5) is 19.4. The van der Waals surface area contributed by atoms with E-state index in [0.717, 1.165) is 24.1 Å². The largest absolute Gasteiger partial charge is 0.294 e. The molecule has 2 heterocycles. The maximum Gasteiger partial charge on any atom is 0.258 e. The first-order valence-electron chi connectivity index (χ1n) is 8.89. The van der Waals surface area contributed by atoms with Crippen molar-refractivity contribution < 1.29 is 0 Å². The normalized spacial score (nSPS) is 17.0. The molecule has 0 saturated heterocycles. The summed E-state index contributed by atoms with van der Waals surface area (Å²) >= 11 is 0. The second-order valence-electron chi connectivity index (χ2n) is 7.04. The van der Waals surface area contributed by atoms with Crippen LogP contribution in [0.1, 0.15) is 41.3 Å². The van der Waals surface area contributed by atoms with Crippen LogP contribution in [-0.2, 0) is 13.0 Å². The van der Waals surface area contributed by atoms with Crippen molar-refractivity contribution in [1.29, 1.82) is 0 Å². The molecule has 2 aromatic heterocycles. The molecule has 1 aromatic carbocycles. The fourth-order valence-corrected chi connectivity index (χ4v) is 3.89. The summed E-state index contributed by atoms with van der Waals surface area (Å²) in [5.74, 6) is 0. The van der Waals surface area contributed by atoms with E-state index in [4.69, 9.17) is 0 Å². The van der Waals surface area contributed by atoms with Crippen LogP contribution in [0.25, 0.3) is 5.65 Å². The zero-order valence-electron chi connectivity index (χ0n) is 14.8. The van der Waals surface area contributed by atoms with Crippen LogP contribution in [0.5, 0.6) is 0 Å². The van der Waals surface area contributed by atoms with Gasteiger partial charge < -0.3 is 0 Å². The Morgan fingerprint density at radius 2 is 2.08 bits per heavy atom. The molecule has 0 radical (unpaired) electrons. The lowest BCUT2D eigenvalue weighted by Crippen LogP contribution is -2.28. The number of rotatable bonds is 3. The molecule has 1 aliphatic carbocycles. The van der Waals surface area contributed by atoms with Gasteiger partial charge in [-0.2, -0.15) is 0 Å². The van der Waals surface area contributed by atoms with Crippen molar-refractivity contribution in [1.82, 2.24) is 14.3 Å². The molecule has 4 rings (SSSR count). The van der Waals surface area contributed by atoms with Crippen LogP contribution < -0.4 is 5.56 Å². The van der Waals surface area contributed by atoms with Gasteiger partial charge in [-0.05, 0) is 56.0 Å². The van der Waals surface area contributed by atoms with E-state index in [1.54, 1.807) is 10.5 Å². The highest BCUT2D eigenvalue weighted by Gasteiger charge is 2.23. The maximum absolute atomic E-state index is 12.4. The lowest BCUT2D eigenvalue weighted by molar-refractivity contribution is 0.211. The fourth-order valence-electron chi connectivity index (χ4n) is 3.89. The fraction of sp³-hybridized carbons (Fsp3) is 0.333. The van der Waals surface area contributed by atoms with E-state index < -0.39 is 0 Å². The highest BCUT2D eigenvalue weighted by molar-refractivity contribution is 5.40. The number of fused-ring (bicyclic) bond motifs is 2. The molecular formula is C21H23N3O. The van der Waals surface area contributed by atoms with Gasteiger partial charge in [-0.15, -0.1) is 0 Å². The predicted molar refractivity (Wildman–Crippen MR) is 99.8 cm³/mol. The van der Waals surface area contributed by atoms with Crippen molar-refractivity contribution in [2.75, 3.05) is 7.05 Å². The third-order valence-corrected chi connectivity index (χ3v) is 5.14. The summed E-state index contributed by atoms with van der Waals surface area (Å²) < 4.78 is 1.62. The molecule has 0 saturated carbocycles. The zero-order valence-corrected chi connectivity index (χ0v) is 14.8. The van der Waals surface area contributed by atoms with Gasteiger partial charge in [-0.1, -0.05) is 30.3 Å². The SMILES string of the molecule is Cc1ccc2nc(CN(C)[C@H]3CCCc4ccccc43)cc(=O)n2c1. The Hall–Kier alpha value is -2.46. The molecule has 0 fully saturated rings. The predicted octanol–water partition coefficient (Wildman–Crippen LogP) is 3.51. The van der Waals surface area contributed by atoms with Crippen LogP contribution in [0.2, 0.25) is 0 Å². The molecule has 3 aromatic rings. The van der Waals surface area contributed by atoms with Gasteiger partial charge in [0.2, 0.25) is 0 Å². The van der Waals surface area contributed by atoms with Gasteiger partial charge in [-0.25, -0.2) is 4.98 Å². The summed E-state index contributed by atoms with van der Waals surface area (Å²) in [7, 11) is 2.13. The molecule has 0 aliphatic heterocycles. The Morgan fingerprint density at radius 3 is 2.96 bits per heavy atom. The molecule has 0 N–H and O–H groups in total. The monoisotopic (exact) mass is 333 g/mol. The second-order valence-corrected chi connectivity index (χ2v) is 7.04. The lowest BCUT2D eigenvalue weighted by Gasteiger charge is -2.33. The quantitative estimate of drug-likeness (QED) is 0.736. The Labute approximate surface area is 147 Å². The van der Waals surface area contributed by atoms with Gasteiger partial charge in [0.15, 0.2) is 0 Å². The first-order chi connectivity index (χ1) is 12.1. The summed E-state index contributed by atoms with van der Waals surface area (Å²) in [6, 6.07) is 14.7. The molecule has 1 aliphatic rings. The smallest absolute Gasteiger partial charge is 0.258 e. The summed E-state index contributed by atoms with van der Waals surface area (Å²) in [5, 5.41) is 0. The van der Waals surface area contributed by atoms with Crippen molar-refractivity contribution in [3.63, 3.8) is 0 Å². The van der Waals surface area contributed by atoms with E-state index in [2.05, 4.69) is 41.2 Å². The van der Waals surface area contributed by atoms with Gasteiger partial charge in [0.1, 0.15) is 5.65 Å². The average molecular weight is 333 g/mol. The first-order valence-corrected chi connectivity index (χ1v) is 8.89. The van der Waals surface area contributed by atoms with Crippen LogP contribution in [0, 0.1) is 6.92 Å². The van der Waals surface area contributed by atoms with Crippen LogP contribution in [0.3, 0.4) is 0 Å². The van der Waals surface area contributed by atoms with Crippen LogP contribution in [0.4, 0.5) is 0 Å². The van der Waals surface area contributed by atoms with E-state index in [1.165, 1.54) is 17.5 Å². The number of aromatic nitrogens is 2. The third kappa shape index (κ3) is 3.10. The van der Waals surface area contributed by atoms with Crippen molar-refractivity contribution in [3.8, 4) is 0 Å². The molecule has 0 amide bonds. The van der Waals surface area contributed by atoms with Crippen molar-refractivity contribution in [3.05, 3.63) is 81.4 Å². The van der Waals surface area contributed by atoms with Crippen LogP contribution in [-0.4, -0.2) is 21.3 Å². The second kappa shape index (κ2) is 6.45. The van der Waals surface area contributed by atoms with E-state index in [9.17, 15) is 4.79 Å². The van der Waals surface area contributed by atoms with Crippen molar-refractivity contribution in [2.45, 2.75) is 38.8 Å². The molecule has 128 valence electrons. The van der Waals surface area contributed by atoms with Crippen LogP contribution >= 0.6 is 0 Å². The number of aryl methyl sites for hydroxylation is 2. The molecule has 4 nitrogen and oxygen atoms in total. The van der Waals surface area contributed by atoms with E-state index in [0.29, 0.717) is 18.2 Å². The third-order valence-electron chi connectivity index (χ3n) is 5.14. The Morgan fingerprint density at radius 1 is 1.24 bits per heavy atom. The number of pyridine rings is 1. The minimum absolute atomic E-state index is 0.0128. The van der Waals surface area contributed by atoms with Gasteiger partial charge >= 0.3 is 0 Å². The van der Waals surface area contributed by atoms with Gasteiger partial charge in [0, 0.05) is 24.8 Å². The molecular weight excluding hydrogens is 310 g/mol. The first kappa shape index (κ1) is 16.0. The minimum Gasteiger partial charge on any atom is -0.294 e.